The third kappa shape index (κ3) is 6.98. The van der Waals surface area contributed by atoms with Crippen LogP contribution in [0.1, 0.15) is 85.2 Å². The number of carboxylic acids is 1. The Morgan fingerprint density at radius 3 is 2.31 bits per heavy atom. The molecule has 1 saturated carbocycles. The summed E-state index contributed by atoms with van der Waals surface area (Å²) >= 11 is 0. The number of unbranched alkanes of at least 4 members (excludes halogenated alkanes) is 5. The Kier molecular flexibility index (Phi) is 8.94. The standard InChI is InChI=1S/C29H37N3O6S/c1-19-11-13-21(14-12-19)26-25(28(35)30-2)23-18-22(20-15-16-20)27(31-29(23)38-26)32(39(3,36)37)17-9-7-5-4-6-8-10-24(33)34/h11-14,18,20H,4-10,15-17H2,1-3H3,(H,30,35)(H,33,34). The van der Waals surface area contributed by atoms with Crippen molar-refractivity contribution in [2.24, 2.45) is 0 Å². The van der Waals surface area contributed by atoms with Gasteiger partial charge in [-0.05, 0) is 50.2 Å². The number of rotatable bonds is 14. The van der Waals surface area contributed by atoms with Crippen molar-refractivity contribution in [3.8, 4) is 11.3 Å². The number of carbonyl (C=O) groups is 2. The highest BCUT2D eigenvalue weighted by molar-refractivity contribution is 7.92. The molecule has 1 aliphatic carbocycles. The number of carboxylic acid groups (broad SMARTS) is 1. The fourth-order valence-corrected chi connectivity index (χ4v) is 5.77. The molecule has 210 valence electrons. The molecule has 1 aliphatic rings. The lowest BCUT2D eigenvalue weighted by molar-refractivity contribution is -0.137. The number of aryl methyl sites for hydroxylation is 1. The summed E-state index contributed by atoms with van der Waals surface area (Å²) in [6, 6.07) is 9.57. The first-order valence-electron chi connectivity index (χ1n) is 13.6. The SMILES string of the molecule is CNC(=O)c1c(-c2ccc(C)cc2)oc2nc(N(CCCCCCCCC(=O)O)S(C)(=O)=O)c(C3CC3)cc12. The number of nitrogens with zero attached hydrogens (tertiary/aromatic N) is 2. The molecule has 2 heterocycles. The highest BCUT2D eigenvalue weighted by atomic mass is 32.2. The molecular formula is C29H37N3O6S. The highest BCUT2D eigenvalue weighted by Gasteiger charge is 2.34. The van der Waals surface area contributed by atoms with E-state index in [0.717, 1.165) is 55.2 Å². The third-order valence-electron chi connectivity index (χ3n) is 7.11. The fraction of sp³-hybridized carbons (Fsp3) is 0.483. The predicted octanol–water partition coefficient (Wildman–Crippen LogP) is 5.62. The van der Waals surface area contributed by atoms with Crippen molar-refractivity contribution in [3.63, 3.8) is 0 Å². The van der Waals surface area contributed by atoms with Crippen LogP contribution in [0.15, 0.2) is 34.7 Å². The van der Waals surface area contributed by atoms with Gasteiger partial charge in [0.2, 0.25) is 15.7 Å². The Bertz CT molecular complexity index is 1440. The molecule has 9 nitrogen and oxygen atoms in total. The largest absolute Gasteiger partial charge is 0.481 e. The van der Waals surface area contributed by atoms with Crippen molar-refractivity contribution < 1.29 is 27.5 Å². The third-order valence-corrected chi connectivity index (χ3v) is 8.27. The first-order chi connectivity index (χ1) is 18.6. The molecule has 0 aliphatic heterocycles. The van der Waals surface area contributed by atoms with Crippen molar-refractivity contribution in [2.45, 2.75) is 70.6 Å². The number of sulfonamides is 1. The first kappa shape index (κ1) is 28.6. The number of carbonyl (C=O) groups excluding carboxylic acids is 1. The lowest BCUT2D eigenvalue weighted by Crippen LogP contribution is -2.32. The number of anilines is 1. The van der Waals surface area contributed by atoms with Crippen LogP contribution in [0.25, 0.3) is 22.4 Å². The number of aromatic nitrogens is 1. The zero-order valence-corrected chi connectivity index (χ0v) is 23.6. The Morgan fingerprint density at radius 1 is 1.08 bits per heavy atom. The van der Waals surface area contributed by atoms with E-state index < -0.39 is 16.0 Å². The van der Waals surface area contributed by atoms with Crippen molar-refractivity contribution >= 4 is 38.8 Å². The molecule has 0 unspecified atom stereocenters. The summed E-state index contributed by atoms with van der Waals surface area (Å²) < 4.78 is 33.4. The minimum Gasteiger partial charge on any atom is -0.481 e. The average Bonchev–Trinajstić information content (AvgIpc) is 3.66. The van der Waals surface area contributed by atoms with Gasteiger partial charge >= 0.3 is 5.97 Å². The van der Waals surface area contributed by atoms with Gasteiger partial charge < -0.3 is 14.8 Å². The number of aliphatic carboxylic acids is 1. The molecule has 39 heavy (non-hydrogen) atoms. The number of benzene rings is 1. The van der Waals surface area contributed by atoms with Crippen LogP contribution in [0.5, 0.6) is 0 Å². The number of pyridine rings is 1. The van der Waals surface area contributed by atoms with Crippen molar-refractivity contribution in [3.05, 3.63) is 47.0 Å². The summed E-state index contributed by atoms with van der Waals surface area (Å²) in [4.78, 5) is 28.4. The van der Waals surface area contributed by atoms with Gasteiger partial charge in [-0.1, -0.05) is 55.5 Å². The number of amides is 1. The Labute approximate surface area is 229 Å². The quantitative estimate of drug-likeness (QED) is 0.247. The van der Waals surface area contributed by atoms with Crippen LogP contribution >= 0.6 is 0 Å². The van der Waals surface area contributed by atoms with Crippen LogP contribution in [0.3, 0.4) is 0 Å². The molecule has 2 N–H and O–H groups in total. The highest BCUT2D eigenvalue weighted by Crippen LogP contribution is 2.46. The van der Waals surface area contributed by atoms with Crippen LogP contribution in [0, 0.1) is 6.92 Å². The number of nitrogens with one attached hydrogen (secondary N) is 1. The molecule has 1 amide bonds. The van der Waals surface area contributed by atoms with Crippen molar-refractivity contribution in [2.75, 3.05) is 24.2 Å². The monoisotopic (exact) mass is 555 g/mol. The summed E-state index contributed by atoms with van der Waals surface area (Å²) in [5.41, 5.74) is 3.27. The Balaban J connectivity index is 1.65. The molecule has 0 atom stereocenters. The van der Waals surface area contributed by atoms with E-state index in [0.29, 0.717) is 41.9 Å². The van der Waals surface area contributed by atoms with E-state index in [4.69, 9.17) is 14.5 Å². The van der Waals surface area contributed by atoms with E-state index >= 15 is 0 Å². The summed E-state index contributed by atoms with van der Waals surface area (Å²) in [5.74, 6) is -0.0968. The Morgan fingerprint density at radius 2 is 1.72 bits per heavy atom. The fourth-order valence-electron chi connectivity index (χ4n) is 4.85. The van der Waals surface area contributed by atoms with Crippen LogP contribution < -0.4 is 9.62 Å². The zero-order valence-electron chi connectivity index (χ0n) is 22.8. The van der Waals surface area contributed by atoms with E-state index in [1.54, 1.807) is 7.05 Å². The molecule has 1 aromatic carbocycles. The van der Waals surface area contributed by atoms with E-state index in [1.165, 1.54) is 10.6 Å². The zero-order chi connectivity index (χ0) is 28.2. The number of hydrogen-bond acceptors (Lipinski definition) is 6. The second-order valence-corrected chi connectivity index (χ2v) is 12.3. The molecule has 0 spiro atoms. The van der Waals surface area contributed by atoms with Crippen molar-refractivity contribution in [1.82, 2.24) is 10.3 Å². The minimum atomic E-state index is -3.62. The molecule has 4 rings (SSSR count). The predicted molar refractivity (Wildman–Crippen MR) is 152 cm³/mol. The van der Waals surface area contributed by atoms with Gasteiger partial charge in [0.25, 0.3) is 5.91 Å². The molecule has 10 heteroatoms. The van der Waals surface area contributed by atoms with Gasteiger partial charge in [-0.25, -0.2) is 8.42 Å². The second kappa shape index (κ2) is 12.2. The van der Waals surface area contributed by atoms with Crippen LogP contribution in [0.2, 0.25) is 0 Å². The van der Waals surface area contributed by atoms with E-state index in [9.17, 15) is 18.0 Å². The maximum absolute atomic E-state index is 13.0. The molecular weight excluding hydrogens is 518 g/mol. The molecule has 1 fully saturated rings. The molecule has 2 aromatic heterocycles. The van der Waals surface area contributed by atoms with Gasteiger partial charge in [0.05, 0.1) is 17.2 Å². The summed E-state index contributed by atoms with van der Waals surface area (Å²) in [5, 5.41) is 12.0. The van der Waals surface area contributed by atoms with Gasteiger partial charge in [0, 0.05) is 25.6 Å². The maximum Gasteiger partial charge on any atom is 0.303 e. The van der Waals surface area contributed by atoms with Gasteiger partial charge in [-0.2, -0.15) is 4.98 Å². The average molecular weight is 556 g/mol. The molecule has 3 aromatic rings. The van der Waals surface area contributed by atoms with Gasteiger partial charge in [0.15, 0.2) is 0 Å². The number of furan rings is 1. The van der Waals surface area contributed by atoms with Gasteiger partial charge in [0.1, 0.15) is 11.6 Å². The molecule has 0 radical (unpaired) electrons. The second-order valence-electron chi connectivity index (χ2n) is 10.4. The summed E-state index contributed by atoms with van der Waals surface area (Å²) in [6.07, 6.45) is 8.07. The smallest absolute Gasteiger partial charge is 0.303 e. The normalized spacial score (nSPS) is 13.5. The number of fused-ring (bicyclic) bond motifs is 1. The van der Waals surface area contributed by atoms with E-state index in [-0.39, 0.29) is 24.0 Å². The van der Waals surface area contributed by atoms with Crippen LogP contribution in [-0.2, 0) is 14.8 Å². The Hall–Kier alpha value is -3.40. The first-order valence-corrected chi connectivity index (χ1v) is 15.4. The van der Waals surface area contributed by atoms with Gasteiger partial charge in [-0.3, -0.25) is 13.9 Å². The lowest BCUT2D eigenvalue weighted by Gasteiger charge is -2.24. The molecule has 0 bridgehead atoms. The lowest BCUT2D eigenvalue weighted by atomic mass is 10.0. The minimum absolute atomic E-state index is 0.181. The molecule has 0 saturated heterocycles. The van der Waals surface area contributed by atoms with Gasteiger partial charge in [-0.15, -0.1) is 0 Å². The van der Waals surface area contributed by atoms with Crippen LogP contribution in [0.4, 0.5) is 5.82 Å². The van der Waals surface area contributed by atoms with Crippen LogP contribution in [-0.4, -0.2) is 50.2 Å². The van der Waals surface area contributed by atoms with Crippen molar-refractivity contribution in [1.29, 1.82) is 0 Å². The topological polar surface area (TPSA) is 130 Å². The maximum atomic E-state index is 13.0. The summed E-state index contributed by atoms with van der Waals surface area (Å²) in [6.45, 7) is 2.27. The summed E-state index contributed by atoms with van der Waals surface area (Å²) in [7, 11) is -2.05. The van der Waals surface area contributed by atoms with E-state index in [2.05, 4.69) is 5.32 Å². The van der Waals surface area contributed by atoms with E-state index in [1.807, 2.05) is 37.3 Å². The number of hydrogen-bond donors (Lipinski definition) is 2.